The van der Waals surface area contributed by atoms with E-state index in [1.165, 1.54) is 12.7 Å². The largest absolute Gasteiger partial charge is 0.382 e. The molecule has 4 amide bonds. The van der Waals surface area contributed by atoms with E-state index in [1.807, 2.05) is 6.07 Å². The number of nitrogens with two attached hydrogens (primary N) is 2. The number of carbonyl (C=O) groups is 4. The summed E-state index contributed by atoms with van der Waals surface area (Å²) in [5, 5.41) is 11.4. The average Bonchev–Trinajstić information content (AvgIpc) is 3.91. The number of nitrogen functional groups attached to an aromatic ring is 2. The first-order chi connectivity index (χ1) is 27.0. The van der Waals surface area contributed by atoms with E-state index >= 15 is 0 Å². The number of imidazole rings is 2. The second-order valence-electron chi connectivity index (χ2n) is 13.1. The Labute approximate surface area is 320 Å². The number of fused-ring (bicyclic) bond motifs is 2. The first-order valence-electron chi connectivity index (χ1n) is 17.7. The highest BCUT2D eigenvalue weighted by molar-refractivity contribution is 5.94. The van der Waals surface area contributed by atoms with Gasteiger partial charge in [-0.2, -0.15) is 0 Å². The van der Waals surface area contributed by atoms with E-state index in [0.717, 1.165) is 5.69 Å². The number of aromatic nitrogens is 9. The Kier molecular flexibility index (Phi) is 11.9. The predicted molar refractivity (Wildman–Crippen MR) is 209 cm³/mol. The van der Waals surface area contributed by atoms with Crippen molar-refractivity contribution in [2.45, 2.75) is 39.8 Å². The molecule has 0 aliphatic carbocycles. The fourth-order valence-electron chi connectivity index (χ4n) is 5.53. The molecule has 1 aromatic carbocycles. The molecule has 6 aromatic rings. The van der Waals surface area contributed by atoms with Crippen molar-refractivity contribution >= 4 is 81.0 Å². The summed E-state index contributed by atoms with van der Waals surface area (Å²) in [5.74, 6) is -0.784. The first kappa shape index (κ1) is 38.5. The zero-order valence-corrected chi connectivity index (χ0v) is 31.0. The van der Waals surface area contributed by atoms with Crippen LogP contribution in [-0.2, 0) is 39.3 Å². The fourth-order valence-corrected chi connectivity index (χ4v) is 5.53. The van der Waals surface area contributed by atoms with E-state index in [0.29, 0.717) is 52.6 Å². The molecule has 20 nitrogen and oxygen atoms in total. The van der Waals surface area contributed by atoms with Crippen LogP contribution in [0, 0.1) is 11.8 Å². The van der Waals surface area contributed by atoms with Crippen LogP contribution in [0.2, 0.25) is 0 Å². The number of benzene rings is 1. The summed E-state index contributed by atoms with van der Waals surface area (Å²) in [7, 11) is 1.80. The number of hydrogen-bond donors (Lipinski definition) is 6. The molecule has 2 atom stereocenters. The van der Waals surface area contributed by atoms with Crippen molar-refractivity contribution in [2.24, 2.45) is 23.9 Å². The van der Waals surface area contributed by atoms with E-state index in [9.17, 15) is 19.2 Å². The van der Waals surface area contributed by atoms with Crippen LogP contribution >= 0.6 is 0 Å². The summed E-state index contributed by atoms with van der Waals surface area (Å²) in [5.41, 5.74) is 15.7. The summed E-state index contributed by atoms with van der Waals surface area (Å²) in [6.07, 6.45) is 7.83. The van der Waals surface area contributed by atoms with Crippen LogP contribution in [0.4, 0.5) is 28.8 Å². The second kappa shape index (κ2) is 17.3. The summed E-state index contributed by atoms with van der Waals surface area (Å²) < 4.78 is 5.24. The zero-order chi connectivity index (χ0) is 39.8. The molecule has 0 saturated heterocycles. The molecule has 0 fully saturated rings. The molecule has 6 rings (SSSR count). The standard InChI is InChI=1S/C36H42N16O4/c1-21(14-40-27(53)10-12-51-19-46-29-31(37)42-17-44-33(29)51)35(55)48-24-6-4-23(5-7-24)39-16-25-8-9-26(50(25)3)49-36(56)22(2)15-41-28(54)11-13-52-20-47-30-32(38)43-18-45-34(30)52/h4-9,16-22H,10-15H2,1-3H3,(H,40,53)(H,41,54)(H,48,55)(H,49,56)(H2,37,42,44)(H2,38,43,45)/b39-16+. The number of nitrogens with one attached hydrogen (secondary N) is 4. The van der Waals surface area contributed by atoms with Gasteiger partial charge in [-0.3, -0.25) is 24.2 Å². The fraction of sp³-hybridized carbons (Fsp3) is 0.306. The third-order valence-corrected chi connectivity index (χ3v) is 9.02. The van der Waals surface area contributed by atoms with Gasteiger partial charge < -0.3 is 46.4 Å². The Hall–Kier alpha value is -7.25. The maximum Gasteiger partial charge on any atom is 0.230 e. The molecule has 0 spiro atoms. The van der Waals surface area contributed by atoms with E-state index in [1.54, 1.807) is 83.8 Å². The molecule has 5 heterocycles. The van der Waals surface area contributed by atoms with Crippen LogP contribution in [0.1, 0.15) is 32.4 Å². The normalized spacial score (nSPS) is 12.5. The molecule has 56 heavy (non-hydrogen) atoms. The number of hydrogen-bond acceptors (Lipinski definition) is 13. The van der Waals surface area contributed by atoms with Crippen LogP contribution in [0.3, 0.4) is 0 Å². The third-order valence-electron chi connectivity index (χ3n) is 9.02. The van der Waals surface area contributed by atoms with Crippen molar-refractivity contribution in [2.75, 3.05) is 35.2 Å². The number of carbonyl (C=O) groups excluding carboxylic acids is 4. The summed E-state index contributed by atoms with van der Waals surface area (Å²) in [4.78, 5) is 79.8. The number of anilines is 4. The minimum atomic E-state index is -0.495. The minimum Gasteiger partial charge on any atom is -0.382 e. The smallest absolute Gasteiger partial charge is 0.230 e. The third kappa shape index (κ3) is 9.27. The van der Waals surface area contributed by atoms with Crippen LogP contribution in [0.5, 0.6) is 0 Å². The number of aliphatic imine (C=N–C) groups is 1. The Balaban J connectivity index is 0.903. The summed E-state index contributed by atoms with van der Waals surface area (Å²) >= 11 is 0. The number of amides is 4. The zero-order valence-electron chi connectivity index (χ0n) is 31.0. The Morgan fingerprint density at radius 3 is 1.77 bits per heavy atom. The molecule has 0 radical (unpaired) electrons. The van der Waals surface area contributed by atoms with Crippen molar-refractivity contribution in [3.63, 3.8) is 0 Å². The number of aryl methyl sites for hydroxylation is 2. The molecule has 0 aliphatic rings. The Morgan fingerprint density at radius 2 is 1.23 bits per heavy atom. The van der Waals surface area contributed by atoms with E-state index in [4.69, 9.17) is 11.5 Å². The quantitative estimate of drug-likeness (QED) is 0.0771. The number of nitrogens with zero attached hydrogens (tertiary/aromatic N) is 10. The van der Waals surface area contributed by atoms with E-state index < -0.39 is 11.8 Å². The lowest BCUT2D eigenvalue weighted by atomic mass is 10.1. The van der Waals surface area contributed by atoms with Gasteiger partial charge in [-0.05, 0) is 36.4 Å². The van der Waals surface area contributed by atoms with Gasteiger partial charge in [-0.15, -0.1) is 0 Å². The molecular weight excluding hydrogens is 721 g/mol. The predicted octanol–water partition coefficient (Wildman–Crippen LogP) is 1.78. The highest BCUT2D eigenvalue weighted by Crippen LogP contribution is 2.19. The molecular formula is C36H42N16O4. The minimum absolute atomic E-state index is 0.161. The van der Waals surface area contributed by atoms with Crippen LogP contribution in [0.15, 0.2) is 66.7 Å². The lowest BCUT2D eigenvalue weighted by Crippen LogP contribution is -2.34. The van der Waals surface area contributed by atoms with Crippen molar-refractivity contribution < 1.29 is 19.2 Å². The van der Waals surface area contributed by atoms with E-state index in [-0.39, 0.29) is 61.2 Å². The maximum absolute atomic E-state index is 12.9. The SMILES string of the molecule is CC(CNC(=O)CCn1cnc2c(N)ncnc21)C(=O)Nc1ccc(/N=C/c2ccc(NC(=O)C(C)CNC(=O)CCn3cnc4c(N)ncnc43)n2C)cc1. The molecule has 290 valence electrons. The van der Waals surface area contributed by atoms with Gasteiger partial charge in [0.25, 0.3) is 0 Å². The monoisotopic (exact) mass is 762 g/mol. The van der Waals surface area contributed by atoms with Gasteiger partial charge in [0.05, 0.1) is 42.1 Å². The summed E-state index contributed by atoms with van der Waals surface area (Å²) in [6.45, 7) is 4.48. The van der Waals surface area contributed by atoms with Gasteiger partial charge in [-0.25, -0.2) is 29.9 Å². The molecule has 2 unspecified atom stereocenters. The Bertz CT molecular complexity index is 2400. The molecule has 5 aromatic heterocycles. The van der Waals surface area contributed by atoms with Crippen molar-refractivity contribution in [3.8, 4) is 0 Å². The molecule has 8 N–H and O–H groups in total. The van der Waals surface area contributed by atoms with Crippen LogP contribution in [0.25, 0.3) is 22.3 Å². The highest BCUT2D eigenvalue weighted by atomic mass is 16.2. The van der Waals surface area contributed by atoms with Crippen molar-refractivity contribution in [1.29, 1.82) is 0 Å². The molecule has 20 heteroatoms. The second-order valence-corrected chi connectivity index (χ2v) is 13.1. The van der Waals surface area contributed by atoms with Gasteiger partial charge in [-0.1, -0.05) is 13.8 Å². The lowest BCUT2D eigenvalue weighted by molar-refractivity contribution is -0.124. The van der Waals surface area contributed by atoms with Crippen molar-refractivity contribution in [3.05, 3.63) is 67.4 Å². The summed E-state index contributed by atoms with van der Waals surface area (Å²) in [6, 6.07) is 10.6. The average molecular weight is 763 g/mol. The van der Waals surface area contributed by atoms with Crippen molar-refractivity contribution in [1.82, 2.24) is 54.2 Å². The molecule has 0 saturated carbocycles. The topological polar surface area (TPSA) is 273 Å². The lowest BCUT2D eigenvalue weighted by Gasteiger charge is -2.14. The van der Waals surface area contributed by atoms with Crippen LogP contribution in [-0.4, -0.2) is 86.5 Å². The maximum atomic E-state index is 12.9. The van der Waals surface area contributed by atoms with Gasteiger partial charge in [0.2, 0.25) is 23.6 Å². The van der Waals surface area contributed by atoms with E-state index in [2.05, 4.69) is 56.2 Å². The Morgan fingerprint density at radius 1 is 0.714 bits per heavy atom. The molecule has 0 bridgehead atoms. The van der Waals surface area contributed by atoms with Gasteiger partial charge in [0.1, 0.15) is 29.5 Å². The van der Waals surface area contributed by atoms with Gasteiger partial charge in [0.15, 0.2) is 22.9 Å². The van der Waals surface area contributed by atoms with Gasteiger partial charge >= 0.3 is 0 Å². The van der Waals surface area contributed by atoms with Gasteiger partial charge in [0, 0.05) is 51.8 Å². The van der Waals surface area contributed by atoms with Crippen LogP contribution < -0.4 is 32.7 Å². The number of rotatable bonds is 16. The molecule has 0 aliphatic heterocycles. The highest BCUT2D eigenvalue weighted by Gasteiger charge is 2.18. The first-order valence-corrected chi connectivity index (χ1v) is 17.7.